The van der Waals surface area contributed by atoms with Gasteiger partial charge in [0.25, 0.3) is 0 Å². The molecule has 76 valence electrons. The van der Waals surface area contributed by atoms with Gasteiger partial charge >= 0.3 is 0 Å². The van der Waals surface area contributed by atoms with Crippen molar-refractivity contribution in [2.24, 2.45) is 5.73 Å². The molecule has 14 heavy (non-hydrogen) atoms. The lowest BCUT2D eigenvalue weighted by Crippen LogP contribution is -2.19. The first-order chi connectivity index (χ1) is 6.74. The number of nitrogens with two attached hydrogens (primary N) is 2. The standard InChI is InChI=1S/C11H16N2O/c1-14-11-9(13)6-5-7-3-2-4-8(12)10(7)11/h5-6,8H,2-4,12-13H2,1H3. The third-order valence-corrected chi connectivity index (χ3v) is 2.85. The van der Waals surface area contributed by atoms with Crippen LogP contribution in [0.4, 0.5) is 5.69 Å². The van der Waals surface area contributed by atoms with Crippen LogP contribution in [0.3, 0.4) is 0 Å². The lowest BCUT2D eigenvalue weighted by Gasteiger charge is -2.25. The van der Waals surface area contributed by atoms with Crippen molar-refractivity contribution in [2.75, 3.05) is 12.8 Å². The largest absolute Gasteiger partial charge is 0.494 e. The molecule has 0 aliphatic heterocycles. The summed E-state index contributed by atoms with van der Waals surface area (Å²) in [5.74, 6) is 0.773. The molecule has 0 aromatic heterocycles. The Morgan fingerprint density at radius 2 is 2.21 bits per heavy atom. The van der Waals surface area contributed by atoms with E-state index in [-0.39, 0.29) is 6.04 Å². The fourth-order valence-electron chi connectivity index (χ4n) is 2.17. The van der Waals surface area contributed by atoms with Crippen molar-refractivity contribution in [3.63, 3.8) is 0 Å². The van der Waals surface area contributed by atoms with Crippen LogP contribution in [0, 0.1) is 0 Å². The summed E-state index contributed by atoms with van der Waals surface area (Å²) in [6, 6.07) is 4.04. The van der Waals surface area contributed by atoms with Crippen LogP contribution in [-0.4, -0.2) is 7.11 Å². The Morgan fingerprint density at radius 1 is 1.43 bits per heavy atom. The molecule has 1 unspecified atom stereocenters. The zero-order valence-corrected chi connectivity index (χ0v) is 8.42. The van der Waals surface area contributed by atoms with Crippen molar-refractivity contribution in [1.82, 2.24) is 0 Å². The zero-order valence-electron chi connectivity index (χ0n) is 8.42. The van der Waals surface area contributed by atoms with Gasteiger partial charge in [-0.15, -0.1) is 0 Å². The monoisotopic (exact) mass is 192 g/mol. The topological polar surface area (TPSA) is 61.3 Å². The van der Waals surface area contributed by atoms with Gasteiger partial charge in [-0.1, -0.05) is 6.07 Å². The molecule has 1 aromatic rings. The summed E-state index contributed by atoms with van der Waals surface area (Å²) in [6.07, 6.45) is 3.26. The highest BCUT2D eigenvalue weighted by Crippen LogP contribution is 2.38. The Bertz CT molecular complexity index is 349. The number of anilines is 1. The second-order valence-corrected chi connectivity index (χ2v) is 3.76. The van der Waals surface area contributed by atoms with Crippen molar-refractivity contribution in [1.29, 1.82) is 0 Å². The van der Waals surface area contributed by atoms with Gasteiger partial charge in [0.05, 0.1) is 12.8 Å². The molecule has 0 heterocycles. The average molecular weight is 192 g/mol. The van der Waals surface area contributed by atoms with Crippen molar-refractivity contribution in [3.8, 4) is 5.75 Å². The molecule has 1 aliphatic rings. The van der Waals surface area contributed by atoms with Crippen LogP contribution in [0.5, 0.6) is 5.75 Å². The number of aryl methyl sites for hydroxylation is 1. The lowest BCUT2D eigenvalue weighted by atomic mass is 9.87. The van der Waals surface area contributed by atoms with Crippen LogP contribution in [0.25, 0.3) is 0 Å². The first kappa shape index (κ1) is 9.34. The number of fused-ring (bicyclic) bond motifs is 1. The van der Waals surface area contributed by atoms with Crippen LogP contribution in [0.15, 0.2) is 12.1 Å². The first-order valence-corrected chi connectivity index (χ1v) is 4.95. The molecule has 3 heteroatoms. The molecule has 1 aromatic carbocycles. The van der Waals surface area contributed by atoms with Gasteiger partial charge < -0.3 is 16.2 Å². The summed E-state index contributed by atoms with van der Waals surface area (Å²) >= 11 is 0. The number of hydrogen-bond acceptors (Lipinski definition) is 3. The highest BCUT2D eigenvalue weighted by atomic mass is 16.5. The maximum absolute atomic E-state index is 6.06. The number of ether oxygens (including phenoxy) is 1. The number of rotatable bonds is 1. The van der Waals surface area contributed by atoms with E-state index in [1.54, 1.807) is 7.11 Å². The Balaban J connectivity index is 2.57. The smallest absolute Gasteiger partial charge is 0.146 e. The van der Waals surface area contributed by atoms with Crippen molar-refractivity contribution in [2.45, 2.75) is 25.3 Å². The number of nitrogen functional groups attached to an aromatic ring is 1. The average Bonchev–Trinajstić information content (AvgIpc) is 2.19. The molecule has 0 bridgehead atoms. The molecule has 1 atom stereocenters. The quantitative estimate of drug-likeness (QED) is 0.664. The first-order valence-electron chi connectivity index (χ1n) is 4.95. The van der Waals surface area contributed by atoms with E-state index in [4.69, 9.17) is 16.2 Å². The van der Waals surface area contributed by atoms with E-state index < -0.39 is 0 Å². The fourth-order valence-corrected chi connectivity index (χ4v) is 2.17. The van der Waals surface area contributed by atoms with Gasteiger partial charge in [0.15, 0.2) is 0 Å². The zero-order chi connectivity index (χ0) is 10.1. The molecule has 4 N–H and O–H groups in total. The molecule has 0 fully saturated rings. The molecule has 1 aliphatic carbocycles. The molecular formula is C11H16N2O. The van der Waals surface area contributed by atoms with Crippen LogP contribution in [-0.2, 0) is 6.42 Å². The fraction of sp³-hybridized carbons (Fsp3) is 0.455. The van der Waals surface area contributed by atoms with Crippen molar-refractivity contribution >= 4 is 5.69 Å². The Hall–Kier alpha value is -1.22. The van der Waals surface area contributed by atoms with Crippen molar-refractivity contribution in [3.05, 3.63) is 23.3 Å². The van der Waals surface area contributed by atoms with Gasteiger partial charge in [-0.05, 0) is 30.9 Å². The van der Waals surface area contributed by atoms with E-state index >= 15 is 0 Å². The van der Waals surface area contributed by atoms with Gasteiger partial charge in [0.2, 0.25) is 0 Å². The van der Waals surface area contributed by atoms with Gasteiger partial charge in [-0.25, -0.2) is 0 Å². The lowest BCUT2D eigenvalue weighted by molar-refractivity contribution is 0.401. The summed E-state index contributed by atoms with van der Waals surface area (Å²) in [7, 11) is 1.65. The molecule has 0 saturated carbocycles. The number of hydrogen-bond donors (Lipinski definition) is 2. The third kappa shape index (κ3) is 1.34. The van der Waals surface area contributed by atoms with Gasteiger partial charge in [-0.2, -0.15) is 0 Å². The predicted octanol–water partition coefficient (Wildman–Crippen LogP) is 1.61. The summed E-state index contributed by atoms with van der Waals surface area (Å²) < 4.78 is 5.31. The van der Waals surface area contributed by atoms with Crippen LogP contribution in [0.1, 0.15) is 30.0 Å². The minimum absolute atomic E-state index is 0.0807. The predicted molar refractivity (Wildman–Crippen MR) is 57.3 cm³/mol. The van der Waals surface area contributed by atoms with E-state index in [0.717, 1.165) is 30.6 Å². The van der Waals surface area contributed by atoms with Crippen LogP contribution >= 0.6 is 0 Å². The van der Waals surface area contributed by atoms with E-state index in [9.17, 15) is 0 Å². The second kappa shape index (κ2) is 3.50. The van der Waals surface area contributed by atoms with E-state index in [0.29, 0.717) is 5.69 Å². The highest BCUT2D eigenvalue weighted by molar-refractivity contribution is 5.61. The molecule has 0 amide bonds. The van der Waals surface area contributed by atoms with Crippen LogP contribution < -0.4 is 16.2 Å². The van der Waals surface area contributed by atoms with Crippen molar-refractivity contribution < 1.29 is 4.74 Å². The van der Waals surface area contributed by atoms with E-state index in [2.05, 4.69) is 6.07 Å². The normalized spacial score (nSPS) is 20.3. The molecule has 0 radical (unpaired) electrons. The maximum atomic E-state index is 6.06. The number of benzene rings is 1. The molecule has 3 nitrogen and oxygen atoms in total. The summed E-state index contributed by atoms with van der Waals surface area (Å²) in [5, 5.41) is 0. The SMILES string of the molecule is COc1c(N)ccc2c1C(N)CCC2. The minimum atomic E-state index is 0.0807. The summed E-state index contributed by atoms with van der Waals surface area (Å²) in [6.45, 7) is 0. The maximum Gasteiger partial charge on any atom is 0.146 e. The summed E-state index contributed by atoms with van der Waals surface area (Å²) in [5.41, 5.74) is 15.0. The molecular weight excluding hydrogens is 176 g/mol. The molecule has 2 rings (SSSR count). The van der Waals surface area contributed by atoms with Gasteiger partial charge in [0, 0.05) is 11.6 Å². The van der Waals surface area contributed by atoms with Crippen LogP contribution in [0.2, 0.25) is 0 Å². The Labute approximate surface area is 84.0 Å². The molecule has 0 saturated heterocycles. The van der Waals surface area contributed by atoms with E-state index in [1.807, 2.05) is 6.07 Å². The Morgan fingerprint density at radius 3 is 2.93 bits per heavy atom. The summed E-state index contributed by atoms with van der Waals surface area (Å²) in [4.78, 5) is 0. The minimum Gasteiger partial charge on any atom is -0.494 e. The van der Waals surface area contributed by atoms with Gasteiger partial charge in [-0.3, -0.25) is 0 Å². The third-order valence-electron chi connectivity index (χ3n) is 2.85. The second-order valence-electron chi connectivity index (χ2n) is 3.76. The number of methoxy groups -OCH3 is 1. The highest BCUT2D eigenvalue weighted by Gasteiger charge is 2.22. The molecule has 0 spiro atoms. The Kier molecular flexibility index (Phi) is 2.33. The van der Waals surface area contributed by atoms with Gasteiger partial charge in [0.1, 0.15) is 5.75 Å². The van der Waals surface area contributed by atoms with E-state index in [1.165, 1.54) is 5.56 Å².